The first-order valence-corrected chi connectivity index (χ1v) is 6.27. The van der Waals surface area contributed by atoms with Gasteiger partial charge in [0.2, 0.25) is 0 Å². The van der Waals surface area contributed by atoms with Crippen molar-refractivity contribution in [3.8, 4) is 0 Å². The largest absolute Gasteiger partial charge is 0.307 e. The van der Waals surface area contributed by atoms with Crippen LogP contribution in [0.1, 0.15) is 18.4 Å². The Bertz CT molecular complexity index is 444. The Hall–Kier alpha value is -0.810. The summed E-state index contributed by atoms with van der Waals surface area (Å²) >= 11 is 2.99. The van der Waals surface area contributed by atoms with Gasteiger partial charge in [-0.1, -0.05) is 0 Å². The van der Waals surface area contributed by atoms with E-state index in [9.17, 15) is 13.6 Å². The zero-order valence-electron chi connectivity index (χ0n) is 9.10. The summed E-state index contributed by atoms with van der Waals surface area (Å²) in [7, 11) is 0. The van der Waals surface area contributed by atoms with Gasteiger partial charge in [0, 0.05) is 12.0 Å². The van der Waals surface area contributed by atoms with Crippen LogP contribution in [0, 0.1) is 11.6 Å². The summed E-state index contributed by atoms with van der Waals surface area (Å²) in [4.78, 5) is 11.8. The molecule has 0 radical (unpaired) electrons. The molecule has 17 heavy (non-hydrogen) atoms. The lowest BCUT2D eigenvalue weighted by Gasteiger charge is -2.10. The van der Waals surface area contributed by atoms with E-state index >= 15 is 0 Å². The predicted molar refractivity (Wildman–Crippen MR) is 63.8 cm³/mol. The third kappa shape index (κ3) is 2.72. The van der Waals surface area contributed by atoms with Crippen LogP contribution in [0.25, 0.3) is 0 Å². The third-order valence-electron chi connectivity index (χ3n) is 2.94. The van der Waals surface area contributed by atoms with Crippen LogP contribution >= 0.6 is 15.9 Å². The highest BCUT2D eigenvalue weighted by atomic mass is 79.9. The molecular weight excluding hydrogens is 292 g/mol. The highest BCUT2D eigenvalue weighted by Crippen LogP contribution is 2.23. The molecule has 1 saturated heterocycles. The Kier molecular flexibility index (Phi) is 3.89. The van der Waals surface area contributed by atoms with Crippen molar-refractivity contribution in [1.29, 1.82) is 0 Å². The van der Waals surface area contributed by atoms with Gasteiger partial charge >= 0.3 is 0 Å². The molecule has 1 aromatic carbocycles. The van der Waals surface area contributed by atoms with Crippen molar-refractivity contribution in [3.63, 3.8) is 0 Å². The minimum Gasteiger partial charge on any atom is -0.307 e. The fourth-order valence-corrected chi connectivity index (χ4v) is 2.36. The van der Waals surface area contributed by atoms with E-state index in [1.54, 1.807) is 0 Å². The number of rotatable bonds is 3. The van der Waals surface area contributed by atoms with Gasteiger partial charge in [-0.05, 0) is 47.4 Å². The van der Waals surface area contributed by atoms with Crippen LogP contribution in [0.3, 0.4) is 0 Å². The van der Waals surface area contributed by atoms with Crippen molar-refractivity contribution in [1.82, 2.24) is 5.32 Å². The maximum absolute atomic E-state index is 13.7. The van der Waals surface area contributed by atoms with Gasteiger partial charge in [-0.3, -0.25) is 4.79 Å². The van der Waals surface area contributed by atoms with E-state index in [2.05, 4.69) is 21.2 Å². The van der Waals surface area contributed by atoms with Crippen molar-refractivity contribution in [2.45, 2.75) is 25.3 Å². The van der Waals surface area contributed by atoms with Crippen LogP contribution in [0.5, 0.6) is 0 Å². The van der Waals surface area contributed by atoms with Gasteiger partial charge in [0.1, 0.15) is 11.6 Å². The van der Waals surface area contributed by atoms with E-state index in [1.165, 1.54) is 6.07 Å². The summed E-state index contributed by atoms with van der Waals surface area (Å²) in [6.45, 7) is 0.792. The molecule has 0 aromatic heterocycles. The minimum absolute atomic E-state index is 0.154. The smallest absolute Gasteiger partial charge is 0.154 e. The molecular formula is C12H12BrF2NO. The standard InChI is InChI=1S/C12H12BrF2NO/c13-8-3-4-9(14)7(12(8)15)6-11(17)10-2-1-5-16-10/h3-4,10,16H,1-2,5-6H2. The summed E-state index contributed by atoms with van der Waals surface area (Å²) in [5.74, 6) is -1.51. The SMILES string of the molecule is O=C(Cc1c(F)ccc(Br)c1F)C1CCCN1. The van der Waals surface area contributed by atoms with Gasteiger partial charge < -0.3 is 5.32 Å². The van der Waals surface area contributed by atoms with Crippen LogP contribution in [0.4, 0.5) is 8.78 Å². The lowest BCUT2D eigenvalue weighted by atomic mass is 10.0. The monoisotopic (exact) mass is 303 g/mol. The first-order valence-electron chi connectivity index (χ1n) is 5.48. The Morgan fingerprint density at radius 2 is 2.24 bits per heavy atom. The van der Waals surface area contributed by atoms with Crippen molar-refractivity contribution in [2.24, 2.45) is 0 Å². The second-order valence-corrected chi connectivity index (χ2v) is 4.97. The Balaban J connectivity index is 2.17. The molecule has 0 amide bonds. The molecule has 1 atom stereocenters. The lowest BCUT2D eigenvalue weighted by molar-refractivity contribution is -0.120. The second-order valence-electron chi connectivity index (χ2n) is 4.11. The van der Waals surface area contributed by atoms with Crippen LogP contribution < -0.4 is 5.32 Å². The van der Waals surface area contributed by atoms with E-state index in [4.69, 9.17) is 0 Å². The Morgan fingerprint density at radius 1 is 1.47 bits per heavy atom. The minimum atomic E-state index is -0.684. The fourth-order valence-electron chi connectivity index (χ4n) is 1.99. The van der Waals surface area contributed by atoms with Crippen LogP contribution in [0.2, 0.25) is 0 Å². The third-order valence-corrected chi connectivity index (χ3v) is 3.55. The first-order chi connectivity index (χ1) is 8.09. The maximum atomic E-state index is 13.7. The number of carbonyl (C=O) groups excluding carboxylic acids is 1. The Labute approximate surface area is 107 Å². The fraction of sp³-hybridized carbons (Fsp3) is 0.417. The van der Waals surface area contributed by atoms with E-state index in [0.717, 1.165) is 25.5 Å². The van der Waals surface area contributed by atoms with Gasteiger partial charge in [0.15, 0.2) is 5.78 Å². The molecule has 1 N–H and O–H groups in total. The molecule has 0 bridgehead atoms. The lowest BCUT2D eigenvalue weighted by Crippen LogP contribution is -2.32. The van der Waals surface area contributed by atoms with Crippen molar-refractivity contribution in [2.75, 3.05) is 6.54 Å². The number of ketones is 1. The average Bonchev–Trinajstić information content (AvgIpc) is 2.83. The van der Waals surface area contributed by atoms with E-state index in [0.29, 0.717) is 0 Å². The van der Waals surface area contributed by atoms with Crippen molar-refractivity contribution >= 4 is 21.7 Å². The zero-order valence-corrected chi connectivity index (χ0v) is 10.7. The van der Waals surface area contributed by atoms with Crippen molar-refractivity contribution < 1.29 is 13.6 Å². The predicted octanol–water partition coefficient (Wildman–Crippen LogP) is 2.59. The molecule has 1 unspecified atom stereocenters. The normalized spacial score (nSPS) is 19.6. The molecule has 2 rings (SSSR count). The number of Topliss-reactive ketones (excluding diaryl/α,β-unsaturated/α-hetero) is 1. The number of halogens is 3. The molecule has 1 aliphatic heterocycles. The second kappa shape index (κ2) is 5.23. The van der Waals surface area contributed by atoms with Gasteiger partial charge in [-0.2, -0.15) is 0 Å². The molecule has 1 fully saturated rings. The van der Waals surface area contributed by atoms with Crippen molar-refractivity contribution in [3.05, 3.63) is 33.8 Å². The molecule has 5 heteroatoms. The van der Waals surface area contributed by atoms with E-state index in [1.807, 2.05) is 0 Å². The first kappa shape index (κ1) is 12.6. The quantitative estimate of drug-likeness (QED) is 0.870. The van der Waals surface area contributed by atoms with Crippen LogP contribution in [-0.4, -0.2) is 18.4 Å². The average molecular weight is 304 g/mol. The van der Waals surface area contributed by atoms with E-state index < -0.39 is 11.6 Å². The van der Waals surface area contributed by atoms with Crippen LogP contribution in [-0.2, 0) is 11.2 Å². The summed E-state index contributed by atoms with van der Waals surface area (Å²) in [5.41, 5.74) is -0.155. The number of hydrogen-bond donors (Lipinski definition) is 1. The van der Waals surface area contributed by atoms with Gasteiger partial charge in [0.25, 0.3) is 0 Å². The molecule has 0 spiro atoms. The van der Waals surface area contributed by atoms with Gasteiger partial charge in [0.05, 0.1) is 10.5 Å². The topological polar surface area (TPSA) is 29.1 Å². The molecule has 1 aromatic rings. The van der Waals surface area contributed by atoms with Gasteiger partial charge in [-0.15, -0.1) is 0 Å². The molecule has 92 valence electrons. The molecule has 0 saturated carbocycles. The number of benzene rings is 1. The molecule has 2 nitrogen and oxygen atoms in total. The summed E-state index contributed by atoms with van der Waals surface area (Å²) in [5, 5.41) is 3.02. The number of nitrogens with one attached hydrogen (secondary N) is 1. The molecule has 1 aliphatic rings. The highest BCUT2D eigenvalue weighted by molar-refractivity contribution is 9.10. The zero-order chi connectivity index (χ0) is 12.4. The number of carbonyl (C=O) groups is 1. The molecule has 1 heterocycles. The maximum Gasteiger partial charge on any atom is 0.154 e. The van der Waals surface area contributed by atoms with Crippen LogP contribution in [0.15, 0.2) is 16.6 Å². The van der Waals surface area contributed by atoms with Gasteiger partial charge in [-0.25, -0.2) is 8.78 Å². The summed E-state index contributed by atoms with van der Waals surface area (Å²) in [6.07, 6.45) is 1.48. The number of hydrogen-bond acceptors (Lipinski definition) is 2. The van der Waals surface area contributed by atoms with E-state index in [-0.39, 0.29) is 28.3 Å². The highest BCUT2D eigenvalue weighted by Gasteiger charge is 2.24. The summed E-state index contributed by atoms with van der Waals surface area (Å²) < 4.78 is 27.3. The summed E-state index contributed by atoms with van der Waals surface area (Å²) in [6, 6.07) is 2.21. The molecule has 0 aliphatic carbocycles. The Morgan fingerprint density at radius 3 is 2.88 bits per heavy atom.